The molecule has 9 nitrogen and oxygen atoms in total. The van der Waals surface area contributed by atoms with Gasteiger partial charge in [-0.25, -0.2) is 9.69 Å². The number of fused-ring (bicyclic) bond motifs is 1. The molecule has 1 saturated heterocycles. The van der Waals surface area contributed by atoms with E-state index >= 15 is 0 Å². The number of carbonyl (C=O) groups is 1. The number of piperidine rings is 1. The second-order valence-corrected chi connectivity index (χ2v) is 8.62. The van der Waals surface area contributed by atoms with E-state index in [1.165, 1.54) is 9.80 Å². The van der Waals surface area contributed by atoms with Crippen LogP contribution in [-0.2, 0) is 6.54 Å². The quantitative estimate of drug-likeness (QED) is 0.408. The van der Waals surface area contributed by atoms with Crippen LogP contribution in [0, 0.1) is 0 Å². The minimum Gasteiger partial charge on any atom is -0.379 e. The van der Waals surface area contributed by atoms with Crippen LogP contribution in [0.2, 0.25) is 5.02 Å². The Balaban J connectivity index is 1.52. The number of hydrogen-bond donors (Lipinski definition) is 6. The number of amides is 2. The molecular formula is C22H27ClN4O5. The highest BCUT2D eigenvalue weighted by Gasteiger charge is 2.45. The molecule has 5 atom stereocenters. The third kappa shape index (κ3) is 4.46. The lowest BCUT2D eigenvalue weighted by molar-refractivity contribution is -0.159. The number of carbonyl (C=O) groups excluding carboxylic acids is 1. The standard InChI is InChI=1S/C22H27ClN4O5/c1-26(22(32)24-14-6-3-5-13(23)10-14)11-12-4-2-7-15-18(12)21(31)27(20(15)30)16-8-9-17(28)25-19(16)29/h2-7,10,16-17,19-21,25,28-31H,8-9,11H2,1H3,(H,24,32). The molecular weight excluding hydrogens is 436 g/mol. The summed E-state index contributed by atoms with van der Waals surface area (Å²) in [5.74, 6) is 0. The van der Waals surface area contributed by atoms with E-state index < -0.39 is 31.0 Å². The van der Waals surface area contributed by atoms with E-state index in [-0.39, 0.29) is 12.6 Å². The van der Waals surface area contributed by atoms with Crippen LogP contribution in [0.25, 0.3) is 0 Å². The van der Waals surface area contributed by atoms with Gasteiger partial charge in [-0.1, -0.05) is 35.9 Å². The van der Waals surface area contributed by atoms with Crippen LogP contribution in [0.4, 0.5) is 10.5 Å². The average Bonchev–Trinajstić information content (AvgIpc) is 2.99. The van der Waals surface area contributed by atoms with E-state index in [0.29, 0.717) is 40.2 Å². The number of benzene rings is 2. The molecule has 2 heterocycles. The molecule has 0 spiro atoms. The largest absolute Gasteiger partial charge is 0.379 e. The molecule has 2 amide bonds. The SMILES string of the molecule is CN(Cc1cccc2c1C(O)N(C1CCC(O)NC1O)C2O)C(=O)Nc1cccc(Cl)c1. The first kappa shape index (κ1) is 22.9. The number of aliphatic hydroxyl groups is 4. The highest BCUT2D eigenvalue weighted by Crippen LogP contribution is 2.44. The normalized spacial score (nSPS) is 27.8. The predicted molar refractivity (Wildman–Crippen MR) is 118 cm³/mol. The van der Waals surface area contributed by atoms with E-state index in [9.17, 15) is 25.2 Å². The molecule has 2 aliphatic heterocycles. The molecule has 4 rings (SSSR count). The molecule has 2 aliphatic rings. The van der Waals surface area contributed by atoms with Crippen LogP contribution in [0.5, 0.6) is 0 Å². The van der Waals surface area contributed by atoms with Crippen molar-refractivity contribution in [1.29, 1.82) is 0 Å². The lowest BCUT2D eigenvalue weighted by Crippen LogP contribution is -2.57. The van der Waals surface area contributed by atoms with Crippen molar-refractivity contribution in [3.8, 4) is 0 Å². The van der Waals surface area contributed by atoms with Gasteiger partial charge in [0.1, 0.15) is 24.9 Å². The fourth-order valence-corrected chi connectivity index (χ4v) is 4.61. The average molecular weight is 463 g/mol. The third-order valence-corrected chi connectivity index (χ3v) is 6.24. The van der Waals surface area contributed by atoms with E-state index in [2.05, 4.69) is 10.6 Å². The number of nitrogens with one attached hydrogen (secondary N) is 2. The van der Waals surface area contributed by atoms with Gasteiger partial charge in [0.15, 0.2) is 0 Å². The summed E-state index contributed by atoms with van der Waals surface area (Å²) in [6.45, 7) is 0.192. The van der Waals surface area contributed by atoms with Crippen molar-refractivity contribution in [2.45, 2.75) is 50.3 Å². The summed E-state index contributed by atoms with van der Waals surface area (Å²) in [5, 5.41) is 47.9. The first-order chi connectivity index (χ1) is 15.3. The maximum atomic E-state index is 12.6. The van der Waals surface area contributed by atoms with Gasteiger partial charge in [-0.3, -0.25) is 5.32 Å². The molecule has 6 N–H and O–H groups in total. The van der Waals surface area contributed by atoms with Crippen molar-refractivity contribution in [3.63, 3.8) is 0 Å². The van der Waals surface area contributed by atoms with Gasteiger partial charge in [-0.2, -0.15) is 0 Å². The molecule has 0 aromatic heterocycles. The Morgan fingerprint density at radius 1 is 1.16 bits per heavy atom. The van der Waals surface area contributed by atoms with Crippen LogP contribution in [0.3, 0.4) is 0 Å². The lowest BCUT2D eigenvalue weighted by Gasteiger charge is -2.40. The zero-order valence-electron chi connectivity index (χ0n) is 17.5. The molecule has 1 fully saturated rings. The number of anilines is 1. The third-order valence-electron chi connectivity index (χ3n) is 6.01. The predicted octanol–water partition coefficient (Wildman–Crippen LogP) is 1.69. The zero-order chi connectivity index (χ0) is 23.0. The number of halogens is 1. The summed E-state index contributed by atoms with van der Waals surface area (Å²) < 4.78 is 0. The molecule has 0 radical (unpaired) electrons. The maximum Gasteiger partial charge on any atom is 0.321 e. The second kappa shape index (κ2) is 9.32. The molecule has 0 saturated carbocycles. The van der Waals surface area contributed by atoms with E-state index in [4.69, 9.17) is 11.6 Å². The Morgan fingerprint density at radius 3 is 2.62 bits per heavy atom. The summed E-state index contributed by atoms with van der Waals surface area (Å²) in [5.41, 5.74) is 2.28. The molecule has 0 aliphatic carbocycles. The van der Waals surface area contributed by atoms with Gasteiger partial charge < -0.3 is 30.6 Å². The molecule has 2 aromatic rings. The van der Waals surface area contributed by atoms with Crippen LogP contribution in [0.1, 0.15) is 42.0 Å². The Morgan fingerprint density at radius 2 is 1.91 bits per heavy atom. The fraction of sp³-hybridized carbons (Fsp3) is 0.409. The zero-order valence-corrected chi connectivity index (χ0v) is 18.3. The highest BCUT2D eigenvalue weighted by atomic mass is 35.5. The van der Waals surface area contributed by atoms with Gasteiger partial charge in [-0.05, 0) is 36.6 Å². The van der Waals surface area contributed by atoms with Gasteiger partial charge in [0.25, 0.3) is 0 Å². The first-order valence-electron chi connectivity index (χ1n) is 10.4. The number of urea groups is 1. The number of aliphatic hydroxyl groups excluding tert-OH is 4. The Labute approximate surface area is 190 Å². The Kier molecular flexibility index (Phi) is 6.68. The smallest absolute Gasteiger partial charge is 0.321 e. The van der Waals surface area contributed by atoms with Gasteiger partial charge in [0.05, 0.1) is 6.04 Å². The molecule has 0 bridgehead atoms. The number of rotatable bonds is 4. The second-order valence-electron chi connectivity index (χ2n) is 8.18. The van der Waals surface area contributed by atoms with Crippen molar-refractivity contribution in [2.24, 2.45) is 0 Å². The summed E-state index contributed by atoms with van der Waals surface area (Å²) in [6.07, 6.45) is -3.45. The van der Waals surface area contributed by atoms with Crippen molar-refractivity contribution in [2.75, 3.05) is 12.4 Å². The summed E-state index contributed by atoms with van der Waals surface area (Å²) in [7, 11) is 1.63. The minimum absolute atomic E-state index is 0.192. The molecule has 32 heavy (non-hydrogen) atoms. The summed E-state index contributed by atoms with van der Waals surface area (Å²) in [6, 6.07) is 11.2. The van der Waals surface area contributed by atoms with Crippen molar-refractivity contribution in [1.82, 2.24) is 15.1 Å². The Bertz CT molecular complexity index is 993. The van der Waals surface area contributed by atoms with Crippen molar-refractivity contribution >= 4 is 23.3 Å². The van der Waals surface area contributed by atoms with Crippen molar-refractivity contribution in [3.05, 3.63) is 64.2 Å². The molecule has 5 unspecified atom stereocenters. The summed E-state index contributed by atoms with van der Waals surface area (Å²) in [4.78, 5) is 15.5. The van der Waals surface area contributed by atoms with Gasteiger partial charge in [-0.15, -0.1) is 0 Å². The molecule has 172 valence electrons. The van der Waals surface area contributed by atoms with Gasteiger partial charge >= 0.3 is 6.03 Å². The van der Waals surface area contributed by atoms with E-state index in [1.54, 1.807) is 49.5 Å². The number of hydrogen-bond acceptors (Lipinski definition) is 7. The Hall–Kier alpha value is -2.24. The van der Waals surface area contributed by atoms with Crippen LogP contribution in [0.15, 0.2) is 42.5 Å². The van der Waals surface area contributed by atoms with Crippen molar-refractivity contribution < 1.29 is 25.2 Å². The maximum absolute atomic E-state index is 12.6. The molecule has 10 heteroatoms. The minimum atomic E-state index is -1.17. The lowest BCUT2D eigenvalue weighted by atomic mass is 10.0. The fourth-order valence-electron chi connectivity index (χ4n) is 4.42. The van der Waals surface area contributed by atoms with Gasteiger partial charge in [0.2, 0.25) is 0 Å². The van der Waals surface area contributed by atoms with E-state index in [1.807, 2.05) is 0 Å². The first-order valence-corrected chi connectivity index (χ1v) is 10.8. The highest BCUT2D eigenvalue weighted by molar-refractivity contribution is 6.30. The van der Waals surface area contributed by atoms with Gasteiger partial charge in [0, 0.05) is 35.4 Å². The van der Waals surface area contributed by atoms with E-state index in [0.717, 1.165) is 0 Å². The monoisotopic (exact) mass is 462 g/mol. The number of nitrogens with zero attached hydrogens (tertiary/aromatic N) is 2. The topological polar surface area (TPSA) is 129 Å². The summed E-state index contributed by atoms with van der Waals surface area (Å²) >= 11 is 5.97. The van der Waals surface area contributed by atoms with Crippen LogP contribution in [-0.4, -0.2) is 61.8 Å². The van der Waals surface area contributed by atoms with Crippen LogP contribution < -0.4 is 10.6 Å². The van der Waals surface area contributed by atoms with Crippen LogP contribution >= 0.6 is 11.6 Å². The molecule has 2 aromatic carbocycles.